The first-order chi connectivity index (χ1) is 12.2. The summed E-state index contributed by atoms with van der Waals surface area (Å²) < 4.78 is 5.32. The number of likely N-dealkylation sites (tertiary alicyclic amines) is 1. The molecule has 1 aromatic rings. The summed E-state index contributed by atoms with van der Waals surface area (Å²) in [4.78, 5) is 15.4. The third-order valence-corrected chi connectivity index (χ3v) is 5.93. The number of nitrogens with zero attached hydrogens (tertiary/aromatic N) is 1. The Hall–Kier alpha value is -1.39. The summed E-state index contributed by atoms with van der Waals surface area (Å²) in [5.74, 6) is 0.177. The van der Waals surface area contributed by atoms with E-state index in [1.54, 1.807) is 7.11 Å². The molecule has 1 saturated heterocycles. The molecule has 1 N–H and O–H groups in total. The fraction of sp³-hybridized carbons (Fsp3) is 0.667. The van der Waals surface area contributed by atoms with Gasteiger partial charge in [0.2, 0.25) is 5.91 Å². The first kappa shape index (κ1) is 18.4. The van der Waals surface area contributed by atoms with Crippen LogP contribution in [0.3, 0.4) is 0 Å². The summed E-state index contributed by atoms with van der Waals surface area (Å²) in [5, 5.41) is 3.27. The van der Waals surface area contributed by atoms with Crippen LogP contribution in [0.15, 0.2) is 30.3 Å². The molecule has 0 bridgehead atoms. The zero-order valence-corrected chi connectivity index (χ0v) is 15.5. The predicted octanol–water partition coefficient (Wildman–Crippen LogP) is 3.54. The maximum Gasteiger partial charge on any atom is 0.228 e. The van der Waals surface area contributed by atoms with Crippen molar-refractivity contribution in [1.29, 1.82) is 0 Å². The highest BCUT2D eigenvalue weighted by atomic mass is 16.5. The van der Waals surface area contributed by atoms with E-state index in [4.69, 9.17) is 4.74 Å². The lowest BCUT2D eigenvalue weighted by molar-refractivity contribution is -0.140. The Morgan fingerprint density at radius 3 is 2.36 bits per heavy atom. The van der Waals surface area contributed by atoms with Crippen LogP contribution in [-0.2, 0) is 9.53 Å². The summed E-state index contributed by atoms with van der Waals surface area (Å²) in [6.07, 6.45) is 8.18. The number of carbonyl (C=O) groups excluding carboxylic acids is 1. The minimum absolute atomic E-state index is 0.177. The minimum atomic E-state index is -0.283. The highest BCUT2D eigenvalue weighted by Gasteiger charge is 2.44. The number of hydrogen-bond acceptors (Lipinski definition) is 3. The van der Waals surface area contributed by atoms with Crippen molar-refractivity contribution in [3.05, 3.63) is 35.9 Å². The summed E-state index contributed by atoms with van der Waals surface area (Å²) >= 11 is 0. The Balaban J connectivity index is 1.68. The van der Waals surface area contributed by atoms with Gasteiger partial charge >= 0.3 is 0 Å². The van der Waals surface area contributed by atoms with E-state index < -0.39 is 0 Å². The molecule has 138 valence electrons. The van der Waals surface area contributed by atoms with Gasteiger partial charge in [-0.05, 0) is 44.3 Å². The van der Waals surface area contributed by atoms with E-state index in [2.05, 4.69) is 40.5 Å². The number of nitrogens with one attached hydrogen (secondary N) is 1. The number of methoxy groups -OCH3 is 1. The number of hydrogen-bond donors (Lipinski definition) is 1. The maximum absolute atomic E-state index is 12.8. The summed E-state index contributed by atoms with van der Waals surface area (Å²) in [7, 11) is 1.69. The zero-order valence-electron chi connectivity index (χ0n) is 15.5. The highest BCUT2D eigenvalue weighted by Crippen LogP contribution is 2.41. The summed E-state index contributed by atoms with van der Waals surface area (Å²) in [6, 6.07) is 10.9. The molecule has 4 nitrogen and oxygen atoms in total. The van der Waals surface area contributed by atoms with E-state index in [1.165, 1.54) is 31.2 Å². The summed E-state index contributed by atoms with van der Waals surface area (Å²) in [6.45, 7) is 3.48. The van der Waals surface area contributed by atoms with E-state index in [0.29, 0.717) is 13.2 Å². The van der Waals surface area contributed by atoms with Crippen LogP contribution in [-0.4, -0.2) is 44.2 Å². The molecule has 25 heavy (non-hydrogen) atoms. The molecule has 1 aliphatic carbocycles. The fourth-order valence-electron chi connectivity index (χ4n) is 4.23. The van der Waals surface area contributed by atoms with Crippen molar-refractivity contribution in [2.45, 2.75) is 51.0 Å². The van der Waals surface area contributed by atoms with Crippen molar-refractivity contribution in [3.63, 3.8) is 0 Å². The van der Waals surface area contributed by atoms with Gasteiger partial charge in [0.15, 0.2) is 0 Å². The second-order valence-electron chi connectivity index (χ2n) is 7.65. The molecule has 0 aromatic heterocycles. The molecule has 0 radical (unpaired) electrons. The monoisotopic (exact) mass is 344 g/mol. The zero-order chi connectivity index (χ0) is 17.5. The average molecular weight is 344 g/mol. The second-order valence-corrected chi connectivity index (χ2v) is 7.65. The number of rotatable bonds is 7. The van der Waals surface area contributed by atoms with Crippen LogP contribution in [0.4, 0.5) is 0 Å². The lowest BCUT2D eigenvalue weighted by Crippen LogP contribution is -2.50. The quantitative estimate of drug-likeness (QED) is 0.823. The van der Waals surface area contributed by atoms with Crippen molar-refractivity contribution in [2.75, 3.05) is 33.4 Å². The van der Waals surface area contributed by atoms with Crippen molar-refractivity contribution in [3.8, 4) is 0 Å². The average Bonchev–Trinajstić information content (AvgIpc) is 2.88. The Labute approximate surface area is 151 Å². The Kier molecular flexibility index (Phi) is 6.49. The van der Waals surface area contributed by atoms with Crippen LogP contribution in [0.5, 0.6) is 0 Å². The lowest BCUT2D eigenvalue weighted by atomic mass is 9.68. The Bertz CT molecular complexity index is 534. The van der Waals surface area contributed by atoms with Crippen LogP contribution in [0, 0.1) is 5.41 Å². The van der Waals surface area contributed by atoms with Gasteiger partial charge in [-0.15, -0.1) is 0 Å². The van der Waals surface area contributed by atoms with E-state index in [0.717, 1.165) is 32.4 Å². The normalized spacial score (nSPS) is 21.8. The van der Waals surface area contributed by atoms with Crippen LogP contribution < -0.4 is 5.32 Å². The molecule has 1 heterocycles. The van der Waals surface area contributed by atoms with Gasteiger partial charge in [0, 0.05) is 13.7 Å². The van der Waals surface area contributed by atoms with Gasteiger partial charge in [-0.25, -0.2) is 0 Å². The molecule has 1 amide bonds. The van der Waals surface area contributed by atoms with E-state index in [1.807, 2.05) is 0 Å². The van der Waals surface area contributed by atoms with E-state index in [9.17, 15) is 4.79 Å². The van der Waals surface area contributed by atoms with Gasteiger partial charge in [0.1, 0.15) is 0 Å². The van der Waals surface area contributed by atoms with Crippen molar-refractivity contribution < 1.29 is 9.53 Å². The molecule has 1 saturated carbocycles. The van der Waals surface area contributed by atoms with E-state index >= 15 is 0 Å². The first-order valence-corrected chi connectivity index (χ1v) is 9.81. The Morgan fingerprint density at radius 1 is 1.12 bits per heavy atom. The van der Waals surface area contributed by atoms with Gasteiger partial charge in [-0.3, -0.25) is 9.69 Å². The van der Waals surface area contributed by atoms with E-state index in [-0.39, 0.29) is 17.4 Å². The largest absolute Gasteiger partial charge is 0.384 e. The topological polar surface area (TPSA) is 41.6 Å². The molecule has 1 atom stereocenters. The molecule has 2 fully saturated rings. The molecule has 0 spiro atoms. The van der Waals surface area contributed by atoms with Crippen molar-refractivity contribution in [1.82, 2.24) is 10.2 Å². The molecule has 3 rings (SSSR count). The standard InChI is InChI=1S/C21H32N2O2/c1-25-17-21(12-9-13-21)20(24)22-16-19(18-10-5-4-6-11-18)23-14-7-2-3-8-15-23/h4-6,10-11,19H,2-3,7-9,12-17H2,1H3,(H,22,24)/t19-/m1/s1. The van der Waals surface area contributed by atoms with Crippen LogP contribution >= 0.6 is 0 Å². The third-order valence-electron chi connectivity index (χ3n) is 5.93. The SMILES string of the molecule is COCC1(C(=O)NC[C@H](c2ccccc2)N2CCCCCC2)CCC1. The predicted molar refractivity (Wildman–Crippen MR) is 100 cm³/mol. The summed E-state index contributed by atoms with van der Waals surface area (Å²) in [5.41, 5.74) is 1.02. The van der Waals surface area contributed by atoms with Gasteiger partial charge in [-0.2, -0.15) is 0 Å². The maximum atomic E-state index is 12.8. The fourth-order valence-corrected chi connectivity index (χ4v) is 4.23. The third kappa shape index (κ3) is 4.42. The number of carbonyl (C=O) groups is 1. The molecule has 4 heteroatoms. The molecular weight excluding hydrogens is 312 g/mol. The minimum Gasteiger partial charge on any atom is -0.384 e. The Morgan fingerprint density at radius 2 is 1.80 bits per heavy atom. The van der Waals surface area contributed by atoms with Gasteiger partial charge in [-0.1, -0.05) is 49.6 Å². The number of ether oxygens (including phenoxy) is 1. The van der Waals surface area contributed by atoms with Crippen LogP contribution in [0.1, 0.15) is 56.6 Å². The molecule has 1 aromatic carbocycles. The first-order valence-electron chi connectivity index (χ1n) is 9.81. The molecular formula is C21H32N2O2. The lowest BCUT2D eigenvalue weighted by Gasteiger charge is -2.40. The van der Waals surface area contributed by atoms with Gasteiger partial charge in [0.05, 0.1) is 18.1 Å². The molecule has 0 unspecified atom stereocenters. The number of benzene rings is 1. The van der Waals surface area contributed by atoms with Crippen LogP contribution in [0.2, 0.25) is 0 Å². The molecule has 1 aliphatic heterocycles. The highest BCUT2D eigenvalue weighted by molar-refractivity contribution is 5.83. The number of amides is 1. The van der Waals surface area contributed by atoms with Gasteiger partial charge in [0.25, 0.3) is 0 Å². The smallest absolute Gasteiger partial charge is 0.228 e. The van der Waals surface area contributed by atoms with Crippen molar-refractivity contribution in [2.24, 2.45) is 5.41 Å². The second kappa shape index (κ2) is 8.81. The van der Waals surface area contributed by atoms with Crippen molar-refractivity contribution >= 4 is 5.91 Å². The van der Waals surface area contributed by atoms with Crippen LogP contribution in [0.25, 0.3) is 0 Å². The van der Waals surface area contributed by atoms with Gasteiger partial charge < -0.3 is 10.1 Å². The molecule has 2 aliphatic rings.